The third-order valence-corrected chi connectivity index (χ3v) is 3.02. The molecule has 120 valence electrons. The summed E-state index contributed by atoms with van der Waals surface area (Å²) in [7, 11) is 1.21. The first-order valence-corrected chi connectivity index (χ1v) is 6.24. The standard InChI is InChI=1S/C16H9F5O2/c1-23-16(22)9-5-2-8(3-6-9)4-7-10-11(17)13(19)15(21)14(20)12(10)18/h2-7H,1H3/b7-4+. The quantitative estimate of drug-likeness (QED) is 0.275. The normalized spacial score (nSPS) is 11.0. The van der Waals surface area contributed by atoms with Crippen LogP contribution in [0.2, 0.25) is 0 Å². The maximum absolute atomic E-state index is 13.5. The van der Waals surface area contributed by atoms with Gasteiger partial charge in [-0.15, -0.1) is 0 Å². The zero-order valence-electron chi connectivity index (χ0n) is 11.7. The third kappa shape index (κ3) is 3.23. The van der Waals surface area contributed by atoms with Gasteiger partial charge >= 0.3 is 5.97 Å². The van der Waals surface area contributed by atoms with Crippen LogP contribution in [-0.4, -0.2) is 13.1 Å². The van der Waals surface area contributed by atoms with E-state index in [0.717, 1.165) is 12.2 Å². The Morgan fingerprint density at radius 2 is 1.30 bits per heavy atom. The molecule has 0 N–H and O–H groups in total. The van der Waals surface area contributed by atoms with Gasteiger partial charge in [0.05, 0.1) is 18.2 Å². The van der Waals surface area contributed by atoms with Gasteiger partial charge in [0.1, 0.15) is 0 Å². The fourth-order valence-corrected chi connectivity index (χ4v) is 1.80. The fourth-order valence-electron chi connectivity index (χ4n) is 1.80. The summed E-state index contributed by atoms with van der Waals surface area (Å²) in [6.45, 7) is 0. The Balaban J connectivity index is 2.36. The zero-order valence-corrected chi connectivity index (χ0v) is 11.7. The predicted octanol–water partition coefficient (Wildman–Crippen LogP) is 4.34. The van der Waals surface area contributed by atoms with Crippen molar-refractivity contribution in [3.8, 4) is 0 Å². The number of benzene rings is 2. The topological polar surface area (TPSA) is 26.3 Å². The smallest absolute Gasteiger partial charge is 0.337 e. The highest BCUT2D eigenvalue weighted by Gasteiger charge is 2.24. The van der Waals surface area contributed by atoms with Crippen LogP contribution in [-0.2, 0) is 4.74 Å². The summed E-state index contributed by atoms with van der Waals surface area (Å²) in [6.07, 6.45) is 1.92. The van der Waals surface area contributed by atoms with Crippen LogP contribution < -0.4 is 0 Å². The highest BCUT2D eigenvalue weighted by atomic mass is 19.2. The molecule has 0 bridgehead atoms. The Morgan fingerprint density at radius 1 is 0.826 bits per heavy atom. The van der Waals surface area contributed by atoms with Crippen LogP contribution >= 0.6 is 0 Å². The minimum Gasteiger partial charge on any atom is -0.465 e. The molecule has 0 aromatic heterocycles. The van der Waals surface area contributed by atoms with E-state index in [4.69, 9.17) is 0 Å². The molecular weight excluding hydrogens is 319 g/mol. The van der Waals surface area contributed by atoms with Crippen LogP contribution in [0, 0.1) is 29.1 Å². The van der Waals surface area contributed by atoms with Crippen molar-refractivity contribution in [1.82, 2.24) is 0 Å². The van der Waals surface area contributed by atoms with E-state index in [2.05, 4.69) is 4.74 Å². The van der Waals surface area contributed by atoms with Crippen molar-refractivity contribution in [3.05, 3.63) is 70.0 Å². The molecule has 0 aliphatic heterocycles. The number of esters is 1. The van der Waals surface area contributed by atoms with Crippen molar-refractivity contribution >= 4 is 18.1 Å². The van der Waals surface area contributed by atoms with Gasteiger partial charge in [-0.05, 0) is 23.8 Å². The molecule has 2 rings (SSSR count). The average Bonchev–Trinajstić information content (AvgIpc) is 2.58. The van der Waals surface area contributed by atoms with Crippen LogP contribution in [0.4, 0.5) is 22.0 Å². The Bertz CT molecular complexity index is 753. The van der Waals surface area contributed by atoms with E-state index in [0.29, 0.717) is 5.56 Å². The van der Waals surface area contributed by atoms with Crippen LogP contribution in [0.3, 0.4) is 0 Å². The van der Waals surface area contributed by atoms with Crippen LogP contribution in [0.25, 0.3) is 12.2 Å². The predicted molar refractivity (Wildman–Crippen MR) is 72.9 cm³/mol. The summed E-state index contributed by atoms with van der Waals surface area (Å²) in [5, 5.41) is 0. The van der Waals surface area contributed by atoms with Gasteiger partial charge in [0, 0.05) is 0 Å². The van der Waals surface area contributed by atoms with Gasteiger partial charge < -0.3 is 4.74 Å². The lowest BCUT2D eigenvalue weighted by atomic mass is 10.1. The number of methoxy groups -OCH3 is 1. The summed E-state index contributed by atoms with van der Waals surface area (Å²) in [5.74, 6) is -10.6. The highest BCUT2D eigenvalue weighted by Crippen LogP contribution is 2.24. The van der Waals surface area contributed by atoms with E-state index in [1.54, 1.807) is 0 Å². The third-order valence-electron chi connectivity index (χ3n) is 3.02. The van der Waals surface area contributed by atoms with Gasteiger partial charge in [0.2, 0.25) is 5.82 Å². The molecule has 0 fully saturated rings. The number of rotatable bonds is 3. The highest BCUT2D eigenvalue weighted by molar-refractivity contribution is 5.89. The molecule has 0 saturated heterocycles. The summed E-state index contributed by atoms with van der Waals surface area (Å²) in [4.78, 5) is 11.2. The number of halogens is 5. The van der Waals surface area contributed by atoms with Gasteiger partial charge in [-0.3, -0.25) is 0 Å². The fraction of sp³-hybridized carbons (Fsp3) is 0.0625. The van der Waals surface area contributed by atoms with Gasteiger partial charge in [0.15, 0.2) is 23.3 Å². The SMILES string of the molecule is COC(=O)c1ccc(/C=C/c2c(F)c(F)c(F)c(F)c2F)cc1. The van der Waals surface area contributed by atoms with Crippen molar-refractivity contribution in [2.24, 2.45) is 0 Å². The number of hydrogen-bond acceptors (Lipinski definition) is 2. The first kappa shape index (κ1) is 16.7. The first-order valence-electron chi connectivity index (χ1n) is 6.24. The molecule has 7 heteroatoms. The lowest BCUT2D eigenvalue weighted by molar-refractivity contribution is 0.0600. The molecule has 0 saturated carbocycles. The maximum atomic E-state index is 13.5. The summed E-state index contributed by atoms with van der Waals surface area (Å²) < 4.78 is 70.5. The molecule has 0 spiro atoms. The van der Waals surface area contributed by atoms with Crippen molar-refractivity contribution in [3.63, 3.8) is 0 Å². The van der Waals surface area contributed by atoms with E-state index in [1.165, 1.54) is 31.4 Å². The molecule has 0 aliphatic carbocycles. The zero-order chi connectivity index (χ0) is 17.1. The maximum Gasteiger partial charge on any atom is 0.337 e. The molecule has 0 radical (unpaired) electrons. The van der Waals surface area contributed by atoms with Crippen molar-refractivity contribution < 1.29 is 31.5 Å². The van der Waals surface area contributed by atoms with Gasteiger partial charge in [-0.25, -0.2) is 26.7 Å². The van der Waals surface area contributed by atoms with E-state index in [9.17, 15) is 26.7 Å². The monoisotopic (exact) mass is 328 g/mol. The first-order chi connectivity index (χ1) is 10.9. The van der Waals surface area contributed by atoms with Gasteiger partial charge in [0.25, 0.3) is 0 Å². The number of carbonyl (C=O) groups excluding carboxylic acids is 1. The minimum atomic E-state index is -2.21. The lowest BCUT2D eigenvalue weighted by Gasteiger charge is -2.04. The summed E-state index contributed by atoms with van der Waals surface area (Å²) in [5.41, 5.74) is -0.402. The van der Waals surface area contributed by atoms with Crippen molar-refractivity contribution in [1.29, 1.82) is 0 Å². The number of carbonyl (C=O) groups is 1. The van der Waals surface area contributed by atoms with E-state index in [-0.39, 0.29) is 5.56 Å². The van der Waals surface area contributed by atoms with Crippen molar-refractivity contribution in [2.75, 3.05) is 7.11 Å². The molecule has 0 aliphatic rings. The van der Waals surface area contributed by atoms with Crippen LogP contribution in [0.1, 0.15) is 21.5 Å². The average molecular weight is 328 g/mol. The number of ether oxygens (including phenoxy) is 1. The molecule has 0 unspecified atom stereocenters. The largest absolute Gasteiger partial charge is 0.465 e. The Labute approximate surface area is 127 Å². The summed E-state index contributed by atoms with van der Waals surface area (Å²) >= 11 is 0. The lowest BCUT2D eigenvalue weighted by Crippen LogP contribution is -2.03. The van der Waals surface area contributed by atoms with E-state index >= 15 is 0 Å². The molecule has 2 nitrogen and oxygen atoms in total. The Hall–Kier alpha value is -2.70. The van der Waals surface area contributed by atoms with Gasteiger partial charge in [-0.2, -0.15) is 0 Å². The van der Waals surface area contributed by atoms with Crippen LogP contribution in [0.15, 0.2) is 24.3 Å². The van der Waals surface area contributed by atoms with Crippen molar-refractivity contribution in [2.45, 2.75) is 0 Å². The Morgan fingerprint density at radius 3 is 1.78 bits per heavy atom. The second kappa shape index (κ2) is 6.60. The minimum absolute atomic E-state index is 0.251. The second-order valence-corrected chi connectivity index (χ2v) is 4.43. The molecular formula is C16H9F5O2. The second-order valence-electron chi connectivity index (χ2n) is 4.43. The molecule has 23 heavy (non-hydrogen) atoms. The Kier molecular flexibility index (Phi) is 4.78. The van der Waals surface area contributed by atoms with E-state index < -0.39 is 40.6 Å². The van der Waals surface area contributed by atoms with E-state index in [1.807, 2.05) is 0 Å². The molecule has 2 aromatic rings. The molecule has 0 atom stereocenters. The molecule has 2 aromatic carbocycles. The van der Waals surface area contributed by atoms with Crippen LogP contribution in [0.5, 0.6) is 0 Å². The summed E-state index contributed by atoms with van der Waals surface area (Å²) in [6, 6.07) is 5.64. The number of hydrogen-bond donors (Lipinski definition) is 0. The van der Waals surface area contributed by atoms with Gasteiger partial charge in [-0.1, -0.05) is 18.2 Å². The molecule has 0 heterocycles. The molecule has 0 amide bonds.